The molecule has 4 heteroatoms. The summed E-state index contributed by atoms with van der Waals surface area (Å²) in [5.41, 5.74) is -0.243. The summed E-state index contributed by atoms with van der Waals surface area (Å²) in [4.78, 5) is 11.3. The molecule has 0 rings (SSSR count). The lowest BCUT2D eigenvalue weighted by Crippen LogP contribution is -2.36. The Balaban J connectivity index is 3.59. The van der Waals surface area contributed by atoms with Crippen LogP contribution in [0.5, 0.6) is 0 Å². The van der Waals surface area contributed by atoms with Crippen molar-refractivity contribution >= 4 is 5.97 Å². The number of carbonyl (C=O) groups is 1. The van der Waals surface area contributed by atoms with Crippen molar-refractivity contribution in [3.8, 4) is 6.07 Å². The highest BCUT2D eigenvalue weighted by atomic mass is 16.5. The van der Waals surface area contributed by atoms with Crippen LogP contribution in [-0.2, 0) is 9.53 Å². The fourth-order valence-corrected chi connectivity index (χ4v) is 1.42. The van der Waals surface area contributed by atoms with E-state index in [1.54, 1.807) is 13.8 Å². The van der Waals surface area contributed by atoms with E-state index in [2.05, 4.69) is 11.4 Å². The molecule has 1 N–H and O–H groups in total. The van der Waals surface area contributed by atoms with Crippen LogP contribution >= 0.6 is 0 Å². The van der Waals surface area contributed by atoms with E-state index in [-0.39, 0.29) is 17.4 Å². The maximum absolute atomic E-state index is 11.3. The van der Waals surface area contributed by atoms with Crippen LogP contribution in [0, 0.1) is 16.7 Å². The molecule has 0 heterocycles. The number of nitrogens with one attached hydrogen (secondary N) is 1. The summed E-state index contributed by atoms with van der Waals surface area (Å²) in [6.07, 6.45) is 2.84. The maximum atomic E-state index is 11.3. The monoisotopic (exact) mass is 240 g/mol. The van der Waals surface area contributed by atoms with E-state index in [0.29, 0.717) is 6.61 Å². The van der Waals surface area contributed by atoms with Gasteiger partial charge in [0.1, 0.15) is 6.04 Å². The van der Waals surface area contributed by atoms with Crippen molar-refractivity contribution in [2.75, 3.05) is 13.2 Å². The van der Waals surface area contributed by atoms with Crippen molar-refractivity contribution in [1.82, 2.24) is 5.32 Å². The number of nitrogens with zero attached hydrogens (tertiary/aromatic N) is 1. The van der Waals surface area contributed by atoms with Crippen LogP contribution in [0.25, 0.3) is 0 Å². The number of carbonyl (C=O) groups excluding carboxylic acids is 1. The molecule has 0 radical (unpaired) electrons. The van der Waals surface area contributed by atoms with Crippen LogP contribution in [-0.4, -0.2) is 25.2 Å². The zero-order valence-corrected chi connectivity index (χ0v) is 11.4. The maximum Gasteiger partial charge on any atom is 0.322 e. The van der Waals surface area contributed by atoms with Crippen LogP contribution in [0.15, 0.2) is 0 Å². The van der Waals surface area contributed by atoms with Crippen molar-refractivity contribution in [3.05, 3.63) is 0 Å². The summed E-state index contributed by atoms with van der Waals surface area (Å²) >= 11 is 0. The van der Waals surface area contributed by atoms with Gasteiger partial charge >= 0.3 is 5.97 Å². The molecule has 0 amide bonds. The Bertz CT molecular complexity index is 269. The summed E-state index contributed by atoms with van der Waals surface area (Å²) in [7, 11) is 0. The number of esters is 1. The van der Waals surface area contributed by atoms with Crippen LogP contribution in [0.3, 0.4) is 0 Å². The predicted octanol–water partition coefficient (Wildman–Crippen LogP) is 2.25. The number of rotatable bonds is 8. The zero-order valence-electron chi connectivity index (χ0n) is 11.4. The Hall–Kier alpha value is -1.08. The lowest BCUT2D eigenvalue weighted by molar-refractivity contribution is -0.145. The normalized spacial score (nSPS) is 12.9. The Morgan fingerprint density at radius 3 is 2.65 bits per heavy atom. The molecule has 0 spiro atoms. The molecule has 0 saturated heterocycles. The van der Waals surface area contributed by atoms with E-state index < -0.39 is 0 Å². The highest BCUT2D eigenvalue weighted by molar-refractivity contribution is 5.75. The summed E-state index contributed by atoms with van der Waals surface area (Å²) in [6, 6.07) is 2.03. The van der Waals surface area contributed by atoms with E-state index in [9.17, 15) is 4.79 Å². The third-order valence-electron chi connectivity index (χ3n) is 2.62. The zero-order chi connectivity index (χ0) is 13.3. The molecule has 0 fully saturated rings. The highest BCUT2D eigenvalue weighted by Gasteiger charge is 2.16. The Labute approximate surface area is 104 Å². The average Bonchev–Trinajstić information content (AvgIpc) is 2.28. The molecule has 0 aliphatic heterocycles. The summed E-state index contributed by atoms with van der Waals surface area (Å²) in [5, 5.41) is 12.0. The van der Waals surface area contributed by atoms with E-state index >= 15 is 0 Å². The molecule has 0 aromatic heterocycles. The fourth-order valence-electron chi connectivity index (χ4n) is 1.42. The van der Waals surface area contributed by atoms with Gasteiger partial charge in [-0.1, -0.05) is 6.42 Å². The summed E-state index contributed by atoms with van der Waals surface area (Å²) in [6.45, 7) is 8.69. The Morgan fingerprint density at radius 1 is 1.47 bits per heavy atom. The molecule has 17 heavy (non-hydrogen) atoms. The van der Waals surface area contributed by atoms with Crippen LogP contribution in [0.1, 0.15) is 47.0 Å². The molecule has 0 aromatic rings. The van der Waals surface area contributed by atoms with Gasteiger partial charge < -0.3 is 10.1 Å². The third-order valence-corrected chi connectivity index (χ3v) is 2.62. The standard InChI is InChI=1S/C13H24N2O2/c1-5-17-12(16)11(2)15-9-7-6-8-13(3,4)10-14/h11,15H,5-9H2,1-4H3. The first kappa shape index (κ1) is 15.9. The number of hydrogen-bond donors (Lipinski definition) is 1. The van der Waals surface area contributed by atoms with E-state index in [1.807, 2.05) is 13.8 Å². The molecule has 0 saturated carbocycles. The molecule has 98 valence electrons. The van der Waals surface area contributed by atoms with Gasteiger partial charge in [-0.2, -0.15) is 5.26 Å². The molecular weight excluding hydrogens is 216 g/mol. The van der Waals surface area contributed by atoms with Crippen LogP contribution in [0.2, 0.25) is 0 Å². The van der Waals surface area contributed by atoms with Crippen molar-refractivity contribution in [3.63, 3.8) is 0 Å². The molecule has 0 bridgehead atoms. The Morgan fingerprint density at radius 2 is 2.12 bits per heavy atom. The summed E-state index contributed by atoms with van der Waals surface area (Å²) < 4.78 is 4.89. The summed E-state index contributed by atoms with van der Waals surface area (Å²) in [5.74, 6) is -0.204. The first-order valence-electron chi connectivity index (χ1n) is 6.24. The molecular formula is C13H24N2O2. The fraction of sp³-hybridized carbons (Fsp3) is 0.846. The van der Waals surface area contributed by atoms with Gasteiger partial charge in [0, 0.05) is 0 Å². The largest absolute Gasteiger partial charge is 0.465 e. The molecule has 1 atom stereocenters. The molecule has 0 aromatic carbocycles. The first-order chi connectivity index (χ1) is 7.93. The number of hydrogen-bond acceptors (Lipinski definition) is 4. The molecule has 1 unspecified atom stereocenters. The minimum Gasteiger partial charge on any atom is -0.465 e. The van der Waals surface area contributed by atoms with Gasteiger partial charge in [0.25, 0.3) is 0 Å². The molecule has 4 nitrogen and oxygen atoms in total. The van der Waals surface area contributed by atoms with Crippen molar-refractivity contribution < 1.29 is 9.53 Å². The lowest BCUT2D eigenvalue weighted by Gasteiger charge is -2.15. The van der Waals surface area contributed by atoms with E-state index in [4.69, 9.17) is 10.00 Å². The van der Waals surface area contributed by atoms with Crippen LogP contribution in [0.4, 0.5) is 0 Å². The van der Waals surface area contributed by atoms with Gasteiger partial charge in [0.05, 0.1) is 18.1 Å². The van der Waals surface area contributed by atoms with E-state index in [1.165, 1.54) is 0 Å². The van der Waals surface area contributed by atoms with Gasteiger partial charge in [-0.05, 0) is 47.1 Å². The van der Waals surface area contributed by atoms with Crippen molar-refractivity contribution in [2.24, 2.45) is 5.41 Å². The topological polar surface area (TPSA) is 62.1 Å². The predicted molar refractivity (Wildman–Crippen MR) is 67.3 cm³/mol. The Kier molecular flexibility index (Phi) is 7.56. The van der Waals surface area contributed by atoms with Gasteiger partial charge in [0.2, 0.25) is 0 Å². The van der Waals surface area contributed by atoms with Crippen molar-refractivity contribution in [1.29, 1.82) is 5.26 Å². The van der Waals surface area contributed by atoms with Crippen LogP contribution < -0.4 is 5.32 Å². The van der Waals surface area contributed by atoms with Gasteiger partial charge in [-0.3, -0.25) is 4.79 Å². The SMILES string of the molecule is CCOC(=O)C(C)NCCCCC(C)(C)C#N. The number of nitriles is 1. The molecule has 0 aliphatic rings. The number of ether oxygens (including phenoxy) is 1. The lowest BCUT2D eigenvalue weighted by atomic mass is 9.89. The van der Waals surface area contributed by atoms with Gasteiger partial charge in [0.15, 0.2) is 0 Å². The minimum absolute atomic E-state index is 0.204. The van der Waals surface area contributed by atoms with Gasteiger partial charge in [-0.15, -0.1) is 0 Å². The molecule has 0 aliphatic carbocycles. The first-order valence-corrected chi connectivity index (χ1v) is 6.24. The second-order valence-corrected chi connectivity index (χ2v) is 4.88. The quantitative estimate of drug-likeness (QED) is 0.522. The second-order valence-electron chi connectivity index (χ2n) is 4.88. The smallest absolute Gasteiger partial charge is 0.322 e. The van der Waals surface area contributed by atoms with E-state index in [0.717, 1.165) is 25.8 Å². The van der Waals surface area contributed by atoms with Gasteiger partial charge in [-0.25, -0.2) is 0 Å². The average molecular weight is 240 g/mol. The number of unbranched alkanes of at least 4 members (excludes halogenated alkanes) is 1. The van der Waals surface area contributed by atoms with Crippen molar-refractivity contribution in [2.45, 2.75) is 53.0 Å². The second kappa shape index (κ2) is 8.08. The highest BCUT2D eigenvalue weighted by Crippen LogP contribution is 2.21. The third kappa shape index (κ3) is 7.76. The minimum atomic E-state index is -0.251.